The Balaban J connectivity index is 2.77. The molecular formula is C14H17F3N2O4. The molecule has 1 rings (SSSR count). The van der Waals surface area contributed by atoms with Crippen LogP contribution < -0.4 is 5.32 Å². The first-order valence-electron chi connectivity index (χ1n) is 6.63. The van der Waals surface area contributed by atoms with Crippen LogP contribution in [0, 0.1) is 0 Å². The Morgan fingerprint density at radius 3 is 2.30 bits per heavy atom. The largest absolute Gasteiger partial charge is 0.480 e. The first-order valence-corrected chi connectivity index (χ1v) is 6.63. The Kier molecular flexibility index (Phi) is 5.57. The van der Waals surface area contributed by atoms with Crippen LogP contribution in [0.25, 0.3) is 0 Å². The molecule has 0 aliphatic carbocycles. The maximum atomic E-state index is 12.4. The van der Waals surface area contributed by atoms with Crippen molar-refractivity contribution in [1.82, 2.24) is 10.3 Å². The summed E-state index contributed by atoms with van der Waals surface area (Å²) in [5, 5.41) is 11.2. The number of carboxylic acid groups (broad SMARTS) is 1. The minimum absolute atomic E-state index is 0.0986. The van der Waals surface area contributed by atoms with Crippen LogP contribution in [0.1, 0.15) is 32.0 Å². The van der Waals surface area contributed by atoms with Crippen molar-refractivity contribution in [3.05, 3.63) is 29.6 Å². The molecule has 0 fully saturated rings. The third-order valence-corrected chi connectivity index (χ3v) is 2.55. The van der Waals surface area contributed by atoms with E-state index in [9.17, 15) is 22.8 Å². The minimum atomic E-state index is -4.52. The van der Waals surface area contributed by atoms with Gasteiger partial charge in [-0.3, -0.25) is 4.98 Å². The molecule has 1 aromatic rings. The molecule has 2 N–H and O–H groups in total. The lowest BCUT2D eigenvalue weighted by Crippen LogP contribution is -2.44. The number of aromatic nitrogens is 1. The van der Waals surface area contributed by atoms with Crippen molar-refractivity contribution in [2.45, 2.75) is 45.0 Å². The molecule has 0 saturated carbocycles. The maximum Gasteiger partial charge on any atom is 0.417 e. The van der Waals surface area contributed by atoms with Crippen molar-refractivity contribution in [3.63, 3.8) is 0 Å². The maximum absolute atomic E-state index is 12.4. The number of alkyl halides is 3. The molecule has 0 aliphatic heterocycles. The number of nitrogens with zero attached hydrogens (tertiary/aromatic N) is 1. The van der Waals surface area contributed by atoms with Gasteiger partial charge >= 0.3 is 18.2 Å². The summed E-state index contributed by atoms with van der Waals surface area (Å²) in [5.41, 5.74) is -1.64. The van der Waals surface area contributed by atoms with Gasteiger partial charge in [-0.1, -0.05) is 0 Å². The number of hydrogen-bond donors (Lipinski definition) is 2. The van der Waals surface area contributed by atoms with Gasteiger partial charge in [0.1, 0.15) is 11.6 Å². The Labute approximate surface area is 130 Å². The van der Waals surface area contributed by atoms with Crippen LogP contribution in [0.5, 0.6) is 0 Å². The van der Waals surface area contributed by atoms with Crippen LogP contribution in [-0.2, 0) is 22.1 Å². The van der Waals surface area contributed by atoms with Gasteiger partial charge in [-0.25, -0.2) is 9.59 Å². The number of amides is 1. The standard InChI is InChI=1S/C14H17F3N2O4/c1-13(2,3)23-12(22)19-10(11(20)21)6-9-5-4-8(7-18-9)14(15,16)17/h4-5,7,10H,6H2,1-3H3,(H,19,22)(H,20,21). The van der Waals surface area contributed by atoms with Crippen molar-refractivity contribution in [2.75, 3.05) is 0 Å². The lowest BCUT2D eigenvalue weighted by Gasteiger charge is -2.21. The van der Waals surface area contributed by atoms with Gasteiger partial charge in [0.2, 0.25) is 0 Å². The number of rotatable bonds is 4. The fourth-order valence-electron chi connectivity index (χ4n) is 1.57. The topological polar surface area (TPSA) is 88.5 Å². The quantitative estimate of drug-likeness (QED) is 0.884. The molecule has 9 heteroatoms. The number of aliphatic carboxylic acids is 1. The second-order valence-electron chi connectivity index (χ2n) is 5.78. The fourth-order valence-corrected chi connectivity index (χ4v) is 1.57. The van der Waals surface area contributed by atoms with Gasteiger partial charge in [0.25, 0.3) is 0 Å². The Hall–Kier alpha value is -2.32. The predicted molar refractivity (Wildman–Crippen MR) is 73.7 cm³/mol. The Morgan fingerprint density at radius 1 is 1.30 bits per heavy atom. The molecule has 0 radical (unpaired) electrons. The summed E-state index contributed by atoms with van der Waals surface area (Å²) in [7, 11) is 0. The van der Waals surface area contributed by atoms with Crippen LogP contribution in [-0.4, -0.2) is 33.8 Å². The first-order chi connectivity index (χ1) is 10.4. The molecule has 0 saturated heterocycles. The number of halogens is 3. The highest BCUT2D eigenvalue weighted by molar-refractivity contribution is 5.80. The molecule has 0 aliphatic rings. The predicted octanol–water partition coefficient (Wildman–Crippen LogP) is 2.62. The highest BCUT2D eigenvalue weighted by Gasteiger charge is 2.31. The molecule has 6 nitrogen and oxygen atoms in total. The fraction of sp³-hybridized carbons (Fsp3) is 0.500. The van der Waals surface area contributed by atoms with E-state index in [-0.39, 0.29) is 12.1 Å². The number of nitrogens with one attached hydrogen (secondary N) is 1. The van der Waals surface area contributed by atoms with Crippen molar-refractivity contribution < 1.29 is 32.6 Å². The average Bonchev–Trinajstić information content (AvgIpc) is 2.35. The smallest absolute Gasteiger partial charge is 0.417 e. The molecule has 0 bridgehead atoms. The number of ether oxygens (including phenoxy) is 1. The van der Waals surface area contributed by atoms with Crippen LogP contribution in [0.2, 0.25) is 0 Å². The van der Waals surface area contributed by atoms with Crippen molar-refractivity contribution in [2.24, 2.45) is 0 Å². The number of carbonyl (C=O) groups is 2. The Bertz CT molecular complexity index is 565. The van der Waals surface area contributed by atoms with Gasteiger partial charge in [0.15, 0.2) is 0 Å². The lowest BCUT2D eigenvalue weighted by atomic mass is 10.1. The molecular weight excluding hydrogens is 317 g/mol. The number of carboxylic acids is 1. The SMILES string of the molecule is CC(C)(C)OC(=O)NC(Cc1ccc(C(F)(F)F)cn1)C(=O)O. The van der Waals surface area contributed by atoms with E-state index in [1.165, 1.54) is 0 Å². The van der Waals surface area contributed by atoms with Crippen LogP contribution in [0.4, 0.5) is 18.0 Å². The highest BCUT2D eigenvalue weighted by Crippen LogP contribution is 2.28. The normalized spacial score (nSPS) is 13.3. The molecule has 128 valence electrons. The van der Waals surface area contributed by atoms with E-state index in [0.717, 1.165) is 12.1 Å². The average molecular weight is 334 g/mol. The number of alkyl carbamates (subject to hydrolysis) is 1. The third-order valence-electron chi connectivity index (χ3n) is 2.55. The number of hydrogen-bond acceptors (Lipinski definition) is 4. The summed E-state index contributed by atoms with van der Waals surface area (Å²) in [6.45, 7) is 4.83. The number of carbonyl (C=O) groups excluding carboxylic acids is 1. The zero-order chi connectivity index (χ0) is 17.8. The van der Waals surface area contributed by atoms with E-state index in [1.807, 2.05) is 0 Å². The van der Waals surface area contributed by atoms with Gasteiger partial charge in [-0.05, 0) is 32.9 Å². The lowest BCUT2D eigenvalue weighted by molar-refractivity contribution is -0.140. The molecule has 1 unspecified atom stereocenters. The van der Waals surface area contributed by atoms with E-state index >= 15 is 0 Å². The van der Waals surface area contributed by atoms with Gasteiger partial charge in [0, 0.05) is 18.3 Å². The van der Waals surface area contributed by atoms with Crippen LogP contribution in [0.3, 0.4) is 0 Å². The second kappa shape index (κ2) is 6.84. The monoisotopic (exact) mass is 334 g/mol. The zero-order valence-corrected chi connectivity index (χ0v) is 12.8. The molecule has 0 spiro atoms. The molecule has 1 aromatic heterocycles. The second-order valence-corrected chi connectivity index (χ2v) is 5.78. The van der Waals surface area contributed by atoms with E-state index in [0.29, 0.717) is 6.20 Å². The molecule has 23 heavy (non-hydrogen) atoms. The van der Waals surface area contributed by atoms with Gasteiger partial charge in [-0.2, -0.15) is 13.2 Å². The molecule has 1 heterocycles. The summed E-state index contributed by atoms with van der Waals surface area (Å²) in [5.74, 6) is -1.35. The minimum Gasteiger partial charge on any atom is -0.480 e. The van der Waals surface area contributed by atoms with Crippen LogP contribution in [0.15, 0.2) is 18.3 Å². The summed E-state index contributed by atoms with van der Waals surface area (Å²) < 4.78 is 42.2. The van der Waals surface area contributed by atoms with Crippen molar-refractivity contribution in [3.8, 4) is 0 Å². The third kappa shape index (κ3) is 6.54. The van der Waals surface area contributed by atoms with Crippen molar-refractivity contribution in [1.29, 1.82) is 0 Å². The molecule has 0 aromatic carbocycles. The number of pyridine rings is 1. The van der Waals surface area contributed by atoms with Gasteiger partial charge < -0.3 is 15.2 Å². The van der Waals surface area contributed by atoms with Gasteiger partial charge in [0.05, 0.1) is 5.56 Å². The molecule has 1 amide bonds. The summed E-state index contributed by atoms with van der Waals surface area (Å²) in [6, 6.07) is 0.499. The highest BCUT2D eigenvalue weighted by atomic mass is 19.4. The Morgan fingerprint density at radius 2 is 1.91 bits per heavy atom. The summed E-state index contributed by atoms with van der Waals surface area (Å²) in [4.78, 5) is 26.3. The first kappa shape index (κ1) is 18.7. The van der Waals surface area contributed by atoms with E-state index in [4.69, 9.17) is 9.84 Å². The van der Waals surface area contributed by atoms with Crippen molar-refractivity contribution >= 4 is 12.1 Å². The van der Waals surface area contributed by atoms with E-state index in [1.54, 1.807) is 20.8 Å². The summed E-state index contributed by atoms with van der Waals surface area (Å²) >= 11 is 0. The molecule has 1 atom stereocenters. The van der Waals surface area contributed by atoms with E-state index < -0.39 is 35.4 Å². The van der Waals surface area contributed by atoms with E-state index in [2.05, 4.69) is 10.3 Å². The zero-order valence-electron chi connectivity index (χ0n) is 12.8. The van der Waals surface area contributed by atoms with Crippen LogP contribution >= 0.6 is 0 Å². The van der Waals surface area contributed by atoms with Gasteiger partial charge in [-0.15, -0.1) is 0 Å². The summed E-state index contributed by atoms with van der Waals surface area (Å²) in [6.07, 6.45) is -5.11.